The van der Waals surface area contributed by atoms with Crippen LogP contribution in [0.1, 0.15) is 15.9 Å². The molecule has 0 bridgehead atoms. The molecule has 1 amide bonds. The molecule has 0 aliphatic carbocycles. The van der Waals surface area contributed by atoms with Crippen molar-refractivity contribution in [2.75, 3.05) is 6.73 Å². The maximum atomic E-state index is 12.8. The Labute approximate surface area is 194 Å². The number of para-hydroxylation sites is 2. The minimum Gasteiger partial charge on any atom is -0.477 e. The number of rotatable bonds is 8. The van der Waals surface area contributed by atoms with Crippen molar-refractivity contribution < 1.29 is 38.8 Å². The third-order valence-electron chi connectivity index (χ3n) is 4.84. The Kier molecular flexibility index (Phi) is 6.45. The molecule has 1 heterocycles. The topological polar surface area (TPSA) is 123 Å². The highest BCUT2D eigenvalue weighted by Crippen LogP contribution is 2.27. The van der Waals surface area contributed by atoms with Gasteiger partial charge in [-0.25, -0.2) is 9.59 Å². The smallest absolute Gasteiger partial charge is 0.371 e. The van der Waals surface area contributed by atoms with Gasteiger partial charge < -0.3 is 24.4 Å². The number of amides is 1. The normalized spacial score (nSPS) is 13.9. The van der Waals surface area contributed by atoms with Crippen LogP contribution in [0, 0.1) is 0 Å². The van der Waals surface area contributed by atoms with Crippen molar-refractivity contribution in [1.82, 2.24) is 4.90 Å². The van der Waals surface area contributed by atoms with Gasteiger partial charge in [0.05, 0.1) is 5.56 Å². The summed E-state index contributed by atoms with van der Waals surface area (Å²) in [5.41, 5.74) is 0.725. The van der Waals surface area contributed by atoms with Crippen molar-refractivity contribution in [2.24, 2.45) is 0 Å². The largest absolute Gasteiger partial charge is 0.477 e. The van der Waals surface area contributed by atoms with Gasteiger partial charge in [0.15, 0.2) is 6.73 Å². The van der Waals surface area contributed by atoms with Crippen LogP contribution in [0.25, 0.3) is 6.08 Å². The first-order valence-corrected chi connectivity index (χ1v) is 10.1. The summed E-state index contributed by atoms with van der Waals surface area (Å²) >= 11 is 0. The van der Waals surface area contributed by atoms with Crippen molar-refractivity contribution >= 4 is 23.9 Å². The first-order chi connectivity index (χ1) is 16.4. The van der Waals surface area contributed by atoms with Gasteiger partial charge in [-0.05, 0) is 48.0 Å². The summed E-state index contributed by atoms with van der Waals surface area (Å²) < 4.78 is 16.5. The molecular weight excluding hydrogens is 442 g/mol. The molecule has 1 atom stereocenters. The van der Waals surface area contributed by atoms with Crippen LogP contribution in [-0.2, 0) is 9.59 Å². The molecule has 0 saturated carbocycles. The minimum atomic E-state index is -1.63. The van der Waals surface area contributed by atoms with Crippen LogP contribution >= 0.6 is 0 Å². The van der Waals surface area contributed by atoms with Crippen LogP contribution in [0.5, 0.6) is 17.2 Å². The summed E-state index contributed by atoms with van der Waals surface area (Å²) in [6, 6.07) is 21.0. The van der Waals surface area contributed by atoms with Gasteiger partial charge in [0, 0.05) is 0 Å². The molecule has 1 unspecified atom stereocenters. The summed E-state index contributed by atoms with van der Waals surface area (Å²) in [5, 5.41) is 19.1. The molecule has 172 valence electrons. The van der Waals surface area contributed by atoms with Crippen molar-refractivity contribution in [3.05, 3.63) is 95.7 Å². The van der Waals surface area contributed by atoms with Crippen molar-refractivity contribution in [3.8, 4) is 17.2 Å². The van der Waals surface area contributed by atoms with Crippen LogP contribution in [0.3, 0.4) is 0 Å². The molecular formula is C25H19NO8. The highest BCUT2D eigenvalue weighted by atomic mass is 16.6. The van der Waals surface area contributed by atoms with Crippen LogP contribution in [-0.4, -0.2) is 45.9 Å². The maximum Gasteiger partial charge on any atom is 0.371 e. The van der Waals surface area contributed by atoms with E-state index >= 15 is 0 Å². The van der Waals surface area contributed by atoms with E-state index in [1.807, 2.05) is 0 Å². The van der Waals surface area contributed by atoms with Gasteiger partial charge in [-0.2, -0.15) is 0 Å². The molecule has 0 spiro atoms. The molecule has 0 radical (unpaired) electrons. The maximum absolute atomic E-state index is 12.8. The van der Waals surface area contributed by atoms with Gasteiger partial charge in [0.25, 0.3) is 12.1 Å². The molecule has 9 nitrogen and oxygen atoms in total. The molecule has 4 rings (SSSR count). The molecule has 34 heavy (non-hydrogen) atoms. The molecule has 0 fully saturated rings. The molecule has 3 aromatic rings. The lowest BCUT2D eigenvalue weighted by atomic mass is 10.1. The second-order valence-electron chi connectivity index (χ2n) is 7.15. The fraction of sp³-hybridized carbons (Fsp3) is 0.0800. The first kappa shape index (κ1) is 22.4. The van der Waals surface area contributed by atoms with Crippen LogP contribution in [0.2, 0.25) is 0 Å². The number of hydrogen-bond donors (Lipinski definition) is 2. The number of carbonyl (C=O) groups excluding carboxylic acids is 1. The van der Waals surface area contributed by atoms with Gasteiger partial charge in [-0.15, -0.1) is 0 Å². The predicted molar refractivity (Wildman–Crippen MR) is 119 cm³/mol. The zero-order chi connectivity index (χ0) is 24.1. The number of ether oxygens (including phenoxy) is 3. The number of carboxylic acids is 2. The van der Waals surface area contributed by atoms with Gasteiger partial charge in [-0.3, -0.25) is 9.69 Å². The Morgan fingerprint density at radius 2 is 1.59 bits per heavy atom. The molecule has 2 N–H and O–H groups in total. The third-order valence-corrected chi connectivity index (χ3v) is 4.84. The minimum absolute atomic E-state index is 0.164. The lowest BCUT2D eigenvalue weighted by molar-refractivity contribution is -0.155. The Hall–Kier alpha value is -4.79. The quantitative estimate of drug-likeness (QED) is 0.386. The van der Waals surface area contributed by atoms with Gasteiger partial charge in [-0.1, -0.05) is 42.5 Å². The van der Waals surface area contributed by atoms with Crippen LogP contribution < -0.4 is 14.2 Å². The van der Waals surface area contributed by atoms with Crippen molar-refractivity contribution in [1.29, 1.82) is 0 Å². The van der Waals surface area contributed by atoms with Crippen molar-refractivity contribution in [3.63, 3.8) is 0 Å². The molecule has 0 aromatic heterocycles. The highest BCUT2D eigenvalue weighted by molar-refractivity contribution is 5.99. The van der Waals surface area contributed by atoms with Gasteiger partial charge in [0.2, 0.25) is 5.76 Å². The Morgan fingerprint density at radius 3 is 2.26 bits per heavy atom. The predicted octanol–water partition coefficient (Wildman–Crippen LogP) is 3.47. The standard InChI is InChI=1S/C25H19NO8/c27-22-19-8-4-5-9-20(19)32-15-26(22)23(25(30)31)34-18-12-10-16(11-13-18)14-21(24(28)29)33-17-6-2-1-3-7-17/h1-14,23H,15H2,(H,28,29)(H,30,31). The number of benzene rings is 3. The zero-order valence-corrected chi connectivity index (χ0v) is 17.7. The van der Waals surface area contributed by atoms with Gasteiger partial charge >= 0.3 is 11.9 Å². The highest BCUT2D eigenvalue weighted by Gasteiger charge is 2.36. The number of fused-ring (bicyclic) bond motifs is 1. The third kappa shape index (κ3) is 4.99. The molecule has 1 aliphatic heterocycles. The van der Waals surface area contributed by atoms with Crippen molar-refractivity contribution in [2.45, 2.75) is 6.23 Å². The summed E-state index contributed by atoms with van der Waals surface area (Å²) in [4.78, 5) is 37.1. The number of carbonyl (C=O) groups is 3. The molecule has 3 aromatic carbocycles. The van der Waals surface area contributed by atoms with E-state index in [0.29, 0.717) is 17.1 Å². The second kappa shape index (κ2) is 9.78. The van der Waals surface area contributed by atoms with E-state index in [1.54, 1.807) is 54.6 Å². The van der Waals surface area contributed by atoms with E-state index in [-0.39, 0.29) is 23.8 Å². The van der Waals surface area contributed by atoms with Gasteiger partial charge in [0.1, 0.15) is 17.2 Å². The fourth-order valence-electron chi connectivity index (χ4n) is 3.22. The summed E-state index contributed by atoms with van der Waals surface area (Å²) in [6.45, 7) is -0.285. The molecule has 1 aliphatic rings. The van der Waals surface area contributed by atoms with E-state index in [9.17, 15) is 24.6 Å². The Balaban J connectivity index is 1.50. The fourth-order valence-corrected chi connectivity index (χ4v) is 3.22. The summed E-state index contributed by atoms with van der Waals surface area (Å²) in [7, 11) is 0. The Bertz CT molecular complexity index is 1240. The van der Waals surface area contributed by atoms with Crippen LogP contribution in [0.4, 0.5) is 0 Å². The summed E-state index contributed by atoms with van der Waals surface area (Å²) in [6.07, 6.45) is -0.301. The average Bonchev–Trinajstić information content (AvgIpc) is 2.84. The van der Waals surface area contributed by atoms with E-state index in [0.717, 1.165) is 4.90 Å². The van der Waals surface area contributed by atoms with E-state index in [4.69, 9.17) is 14.2 Å². The number of carboxylic acid groups (broad SMARTS) is 2. The van der Waals surface area contributed by atoms with E-state index in [2.05, 4.69) is 0 Å². The Morgan fingerprint density at radius 1 is 0.912 bits per heavy atom. The average molecular weight is 461 g/mol. The summed E-state index contributed by atoms with van der Waals surface area (Å²) in [5.74, 6) is -2.54. The van der Waals surface area contributed by atoms with Crippen LogP contribution in [0.15, 0.2) is 84.6 Å². The van der Waals surface area contributed by atoms with E-state index in [1.165, 1.54) is 30.3 Å². The zero-order valence-electron chi connectivity index (χ0n) is 17.7. The lowest BCUT2D eigenvalue weighted by Gasteiger charge is -2.32. The second-order valence-corrected chi connectivity index (χ2v) is 7.15. The first-order valence-electron chi connectivity index (χ1n) is 10.1. The molecule has 9 heteroatoms. The number of nitrogens with zero attached hydrogens (tertiary/aromatic N) is 1. The lowest BCUT2D eigenvalue weighted by Crippen LogP contribution is -2.52. The van der Waals surface area contributed by atoms with E-state index < -0.39 is 24.1 Å². The monoisotopic (exact) mass is 461 g/mol. The SMILES string of the molecule is O=C(O)C(=Cc1ccc(OC(C(=O)O)N2COc3ccccc3C2=O)cc1)Oc1ccccc1. The molecule has 0 saturated heterocycles. The number of aliphatic carboxylic acids is 2. The number of hydrogen-bond acceptors (Lipinski definition) is 6.